The van der Waals surface area contributed by atoms with E-state index in [0.29, 0.717) is 4.90 Å². The molecule has 1 atom stereocenters. The van der Waals surface area contributed by atoms with E-state index in [2.05, 4.69) is 0 Å². The number of aliphatic carboxylic acids is 1. The van der Waals surface area contributed by atoms with E-state index in [1.807, 2.05) is 0 Å². The minimum Gasteiger partial charge on any atom is -0.480 e. The van der Waals surface area contributed by atoms with Crippen LogP contribution < -0.4 is 0 Å². The van der Waals surface area contributed by atoms with Crippen LogP contribution in [0.15, 0.2) is 30.3 Å². The predicted octanol–water partition coefficient (Wildman–Crippen LogP) is 1.04. The van der Waals surface area contributed by atoms with E-state index in [0.717, 1.165) is 0 Å². The van der Waals surface area contributed by atoms with Gasteiger partial charge in [0.1, 0.15) is 5.75 Å². The van der Waals surface area contributed by atoms with Crippen LogP contribution in [0.2, 0.25) is 0 Å². The number of carbonyl (C=O) groups excluding carboxylic acids is 2. The Morgan fingerprint density at radius 3 is 2.00 bits per heavy atom. The molecule has 0 saturated carbocycles. The third kappa shape index (κ3) is 5.14. The Kier molecular flexibility index (Phi) is 5.85. The van der Waals surface area contributed by atoms with E-state index in [1.165, 1.54) is 45.0 Å². The largest absolute Gasteiger partial charge is 0.480 e. The molecule has 0 unspecified atom stereocenters. The third-order valence-corrected chi connectivity index (χ3v) is 3.80. The van der Waals surface area contributed by atoms with Gasteiger partial charge < -0.3 is 5.11 Å². The second-order valence-electron chi connectivity index (χ2n) is 6.20. The number of rotatable bonds is 5. The minimum atomic E-state index is -4.74. The molecule has 0 spiro atoms. The molecule has 24 heavy (non-hydrogen) atoms. The van der Waals surface area contributed by atoms with Crippen molar-refractivity contribution in [3.8, 4) is 0 Å². The Balaban J connectivity index is 3.44. The normalized spacial score (nSPS) is 13.2. The highest BCUT2D eigenvalue weighted by Gasteiger charge is 2.42. The van der Waals surface area contributed by atoms with Crippen molar-refractivity contribution < 1.29 is 32.5 Å². The molecule has 0 saturated heterocycles. The summed E-state index contributed by atoms with van der Waals surface area (Å²) in [6.07, 6.45) is 0. The molecule has 2 N–H and O–H groups in total. The van der Waals surface area contributed by atoms with Gasteiger partial charge in [0.15, 0.2) is 6.04 Å². The lowest BCUT2D eigenvalue weighted by atomic mass is 9.93. The molecule has 0 bridgehead atoms. The zero-order valence-corrected chi connectivity index (χ0v) is 14.3. The summed E-state index contributed by atoms with van der Waals surface area (Å²) in [5.41, 5.74) is -1.12. The van der Waals surface area contributed by atoms with Gasteiger partial charge in [-0.1, -0.05) is 39.0 Å². The van der Waals surface area contributed by atoms with Crippen molar-refractivity contribution >= 4 is 27.9 Å². The van der Waals surface area contributed by atoms with Gasteiger partial charge in [0.2, 0.25) is 5.91 Å². The molecule has 0 heterocycles. The maximum absolute atomic E-state index is 12.6. The molecule has 1 rings (SSSR count). The van der Waals surface area contributed by atoms with Gasteiger partial charge in [-0.15, -0.1) is 0 Å². The van der Waals surface area contributed by atoms with Crippen molar-refractivity contribution in [2.45, 2.75) is 26.8 Å². The van der Waals surface area contributed by atoms with Crippen LogP contribution in [0.4, 0.5) is 0 Å². The summed E-state index contributed by atoms with van der Waals surface area (Å²) in [6, 6.07) is 5.37. The topological polar surface area (TPSA) is 129 Å². The highest BCUT2D eigenvalue weighted by Crippen LogP contribution is 2.22. The summed E-state index contributed by atoms with van der Waals surface area (Å²) in [4.78, 5) is 37.1. The van der Waals surface area contributed by atoms with Gasteiger partial charge in [0.05, 0.1) is 0 Å². The number of carboxylic acid groups (broad SMARTS) is 1. The Labute approximate surface area is 139 Å². The molecular weight excluding hydrogens is 338 g/mol. The standard InChI is InChI=1S/C15H19NO7S/c1-15(2,3)14(20)16(11(13(18)19)9-24(21,22)23)12(17)10-7-5-4-6-8-10/h4-8,11H,9H2,1-3H3,(H,18,19)(H,21,22,23)/t11-/m0/s1. The predicted molar refractivity (Wildman–Crippen MR) is 84.9 cm³/mol. The van der Waals surface area contributed by atoms with Gasteiger partial charge in [0, 0.05) is 11.0 Å². The van der Waals surface area contributed by atoms with E-state index in [4.69, 9.17) is 4.55 Å². The quantitative estimate of drug-likeness (QED) is 0.753. The van der Waals surface area contributed by atoms with Gasteiger partial charge in [-0.25, -0.2) is 4.79 Å². The number of imide groups is 1. The zero-order chi connectivity index (χ0) is 18.7. The van der Waals surface area contributed by atoms with Crippen LogP contribution in [-0.4, -0.2) is 52.6 Å². The molecular formula is C15H19NO7S. The van der Waals surface area contributed by atoms with E-state index in [-0.39, 0.29) is 5.56 Å². The fourth-order valence-electron chi connectivity index (χ4n) is 1.91. The van der Waals surface area contributed by atoms with Crippen LogP contribution in [0, 0.1) is 5.41 Å². The maximum atomic E-state index is 12.6. The summed E-state index contributed by atoms with van der Waals surface area (Å²) in [7, 11) is -4.74. The van der Waals surface area contributed by atoms with Gasteiger partial charge in [-0.2, -0.15) is 8.42 Å². The van der Waals surface area contributed by atoms with Gasteiger partial charge >= 0.3 is 5.97 Å². The highest BCUT2D eigenvalue weighted by molar-refractivity contribution is 7.85. The molecule has 132 valence electrons. The van der Waals surface area contributed by atoms with Gasteiger partial charge in [0.25, 0.3) is 16.0 Å². The number of hydrogen-bond acceptors (Lipinski definition) is 5. The number of benzene rings is 1. The molecule has 0 fully saturated rings. The first-order chi connectivity index (χ1) is 10.8. The molecule has 9 heteroatoms. The van der Waals surface area contributed by atoms with Crippen LogP contribution >= 0.6 is 0 Å². The lowest BCUT2D eigenvalue weighted by Crippen LogP contribution is -2.55. The van der Waals surface area contributed by atoms with E-state index >= 15 is 0 Å². The molecule has 1 aromatic rings. The lowest BCUT2D eigenvalue weighted by molar-refractivity contribution is -0.150. The molecule has 2 amide bonds. The molecule has 0 aliphatic heterocycles. The first-order valence-corrected chi connectivity index (χ1v) is 8.56. The number of hydrogen-bond donors (Lipinski definition) is 2. The molecule has 0 aliphatic carbocycles. The van der Waals surface area contributed by atoms with Gasteiger partial charge in [-0.3, -0.25) is 19.0 Å². The van der Waals surface area contributed by atoms with Crippen LogP contribution in [0.25, 0.3) is 0 Å². The fourth-order valence-corrected chi connectivity index (χ4v) is 2.60. The number of carbonyl (C=O) groups is 3. The van der Waals surface area contributed by atoms with Gasteiger partial charge in [-0.05, 0) is 12.1 Å². The van der Waals surface area contributed by atoms with Crippen molar-refractivity contribution in [3.63, 3.8) is 0 Å². The van der Waals surface area contributed by atoms with Crippen molar-refractivity contribution in [2.75, 3.05) is 5.75 Å². The van der Waals surface area contributed by atoms with Crippen molar-refractivity contribution in [1.29, 1.82) is 0 Å². The number of carboxylic acids is 1. The summed E-state index contributed by atoms with van der Waals surface area (Å²) >= 11 is 0. The third-order valence-electron chi connectivity index (χ3n) is 3.07. The summed E-state index contributed by atoms with van der Waals surface area (Å²) in [6.45, 7) is 4.40. The molecule has 0 radical (unpaired) electrons. The number of nitrogens with zero attached hydrogens (tertiary/aromatic N) is 1. The number of amides is 2. The smallest absolute Gasteiger partial charge is 0.328 e. The van der Waals surface area contributed by atoms with Crippen LogP contribution in [0.5, 0.6) is 0 Å². The van der Waals surface area contributed by atoms with E-state index in [9.17, 15) is 27.9 Å². The van der Waals surface area contributed by atoms with Crippen LogP contribution in [-0.2, 0) is 19.7 Å². The molecule has 0 aromatic heterocycles. The lowest BCUT2D eigenvalue weighted by Gasteiger charge is -2.31. The highest BCUT2D eigenvalue weighted by atomic mass is 32.2. The Hall–Kier alpha value is -2.26. The minimum absolute atomic E-state index is 0.0247. The average Bonchev–Trinajstić information content (AvgIpc) is 2.44. The molecule has 8 nitrogen and oxygen atoms in total. The van der Waals surface area contributed by atoms with Crippen LogP contribution in [0.3, 0.4) is 0 Å². The average molecular weight is 357 g/mol. The maximum Gasteiger partial charge on any atom is 0.328 e. The zero-order valence-electron chi connectivity index (χ0n) is 13.5. The Morgan fingerprint density at radius 1 is 1.12 bits per heavy atom. The summed E-state index contributed by atoms with van der Waals surface area (Å²) in [5, 5.41) is 9.30. The first-order valence-electron chi connectivity index (χ1n) is 6.95. The fraction of sp³-hybridized carbons (Fsp3) is 0.400. The van der Waals surface area contributed by atoms with Crippen molar-refractivity contribution in [1.82, 2.24) is 4.90 Å². The molecule has 1 aromatic carbocycles. The second-order valence-corrected chi connectivity index (χ2v) is 7.70. The summed E-state index contributed by atoms with van der Waals surface area (Å²) in [5.74, 6) is -4.82. The Bertz CT molecular complexity index is 735. The van der Waals surface area contributed by atoms with E-state index in [1.54, 1.807) is 6.07 Å². The first kappa shape index (κ1) is 19.8. The SMILES string of the molecule is CC(C)(C)C(=O)N(C(=O)c1ccccc1)[C@@H](CS(=O)(=O)O)C(=O)O. The second kappa shape index (κ2) is 7.10. The Morgan fingerprint density at radius 2 is 1.62 bits per heavy atom. The van der Waals surface area contributed by atoms with E-state index < -0.39 is 45.1 Å². The van der Waals surface area contributed by atoms with Crippen molar-refractivity contribution in [2.24, 2.45) is 5.41 Å². The summed E-state index contributed by atoms with van der Waals surface area (Å²) < 4.78 is 31.2. The van der Waals surface area contributed by atoms with Crippen molar-refractivity contribution in [3.05, 3.63) is 35.9 Å². The van der Waals surface area contributed by atoms with Crippen LogP contribution in [0.1, 0.15) is 31.1 Å². The monoisotopic (exact) mass is 357 g/mol. The molecule has 0 aliphatic rings.